The van der Waals surface area contributed by atoms with Gasteiger partial charge in [0.2, 0.25) is 0 Å². The molecule has 0 N–H and O–H groups in total. The molecule has 2 aromatic rings. The van der Waals surface area contributed by atoms with E-state index >= 15 is 0 Å². The van der Waals surface area contributed by atoms with Crippen LogP contribution < -0.4 is 9.64 Å². The molecule has 0 aliphatic carbocycles. The molecule has 25 heavy (non-hydrogen) atoms. The lowest BCUT2D eigenvalue weighted by atomic mass is 9.83. The fourth-order valence-corrected chi connectivity index (χ4v) is 3.46. The van der Waals surface area contributed by atoms with Gasteiger partial charge in [0.25, 0.3) is 0 Å². The van der Waals surface area contributed by atoms with Crippen molar-refractivity contribution in [1.29, 1.82) is 0 Å². The zero-order valence-corrected chi connectivity index (χ0v) is 15.9. The molecular weight excluding hydrogens is 357 g/mol. The largest absolute Gasteiger partial charge is 0.485 e. The second-order valence-electron chi connectivity index (χ2n) is 6.56. The van der Waals surface area contributed by atoms with E-state index in [-0.39, 0.29) is 17.8 Å². The summed E-state index contributed by atoms with van der Waals surface area (Å²) >= 11 is 11.8. The molecule has 0 radical (unpaired) electrons. The highest BCUT2D eigenvalue weighted by atomic mass is 35.5. The van der Waals surface area contributed by atoms with Crippen LogP contribution in [-0.4, -0.2) is 19.4 Å². The van der Waals surface area contributed by atoms with Gasteiger partial charge >= 0.3 is 0 Å². The topological polar surface area (TPSA) is 29.5 Å². The van der Waals surface area contributed by atoms with Gasteiger partial charge in [-0.1, -0.05) is 55.2 Å². The molecule has 5 heteroatoms. The number of hydrogen-bond donors (Lipinski definition) is 0. The van der Waals surface area contributed by atoms with Crippen LogP contribution in [0.25, 0.3) is 0 Å². The van der Waals surface area contributed by atoms with Gasteiger partial charge in [-0.25, -0.2) is 0 Å². The summed E-state index contributed by atoms with van der Waals surface area (Å²) in [5.41, 5.74) is 3.06. The van der Waals surface area contributed by atoms with Crippen molar-refractivity contribution in [3.63, 3.8) is 0 Å². The Morgan fingerprint density at radius 1 is 1.16 bits per heavy atom. The Hall–Kier alpha value is -1.97. The molecule has 3 rings (SSSR count). The first-order chi connectivity index (χ1) is 11.8. The zero-order valence-electron chi connectivity index (χ0n) is 14.3. The number of fused-ring (bicyclic) bond motifs is 1. The molecule has 0 fully saturated rings. The van der Waals surface area contributed by atoms with E-state index in [0.717, 1.165) is 11.4 Å². The van der Waals surface area contributed by atoms with Gasteiger partial charge in [-0.3, -0.25) is 4.79 Å². The number of benzene rings is 2. The zero-order chi connectivity index (χ0) is 18.2. The van der Waals surface area contributed by atoms with Gasteiger partial charge in [0.1, 0.15) is 5.75 Å². The van der Waals surface area contributed by atoms with Gasteiger partial charge in [-0.15, -0.1) is 0 Å². The fourth-order valence-electron chi connectivity index (χ4n) is 3.17. The van der Waals surface area contributed by atoms with Crippen LogP contribution in [0, 0.1) is 0 Å². The van der Waals surface area contributed by atoms with Crippen molar-refractivity contribution in [1.82, 2.24) is 0 Å². The lowest BCUT2D eigenvalue weighted by Gasteiger charge is -2.23. The van der Waals surface area contributed by atoms with E-state index in [1.807, 2.05) is 19.2 Å². The van der Waals surface area contributed by atoms with E-state index in [1.165, 1.54) is 5.56 Å². The number of nitrogens with zero attached hydrogens (tertiary/aromatic N) is 1. The van der Waals surface area contributed by atoms with E-state index in [0.29, 0.717) is 15.8 Å². The second kappa shape index (κ2) is 6.74. The van der Waals surface area contributed by atoms with Gasteiger partial charge in [-0.2, -0.15) is 0 Å². The molecule has 3 nitrogen and oxygen atoms in total. The molecule has 1 heterocycles. The molecule has 0 atom stereocenters. The lowest BCUT2D eigenvalue weighted by molar-refractivity contribution is -0.116. The number of para-hydroxylation sites is 1. The summed E-state index contributed by atoms with van der Waals surface area (Å²) in [4.78, 5) is 14.5. The van der Waals surface area contributed by atoms with Gasteiger partial charge in [0, 0.05) is 36.0 Å². The van der Waals surface area contributed by atoms with Crippen LogP contribution in [0.3, 0.4) is 0 Å². The molecule has 0 aromatic heterocycles. The van der Waals surface area contributed by atoms with E-state index < -0.39 is 0 Å². The van der Waals surface area contributed by atoms with Crippen molar-refractivity contribution < 1.29 is 9.53 Å². The highest BCUT2D eigenvalue weighted by molar-refractivity contribution is 6.42. The summed E-state index contributed by atoms with van der Waals surface area (Å²) in [6.07, 6.45) is 1.66. The van der Waals surface area contributed by atoms with Gasteiger partial charge in [0.15, 0.2) is 12.4 Å². The monoisotopic (exact) mass is 375 g/mol. The normalized spacial score (nSPS) is 16.8. The fraction of sp³-hybridized carbons (Fsp3) is 0.250. The Morgan fingerprint density at radius 2 is 1.88 bits per heavy atom. The van der Waals surface area contributed by atoms with Crippen LogP contribution in [0.15, 0.2) is 54.2 Å². The number of carbonyl (C=O) groups excluding carboxylic acids is 1. The summed E-state index contributed by atoms with van der Waals surface area (Å²) in [5, 5.41) is 0.853. The number of ketones is 1. The standard InChI is InChI=1S/C20H19Cl2NO2/c1-20(2)15-6-4-5-7-18(15)23(3)19(20)10-13(24)12-25-14-8-9-16(21)17(22)11-14/h4-11H,12H2,1-3H3. The Balaban J connectivity index is 1.76. The number of carbonyl (C=O) groups is 1. The average Bonchev–Trinajstić information content (AvgIpc) is 2.77. The van der Waals surface area contributed by atoms with Crippen molar-refractivity contribution in [2.75, 3.05) is 18.6 Å². The Kier molecular flexibility index (Phi) is 4.81. The highest BCUT2D eigenvalue weighted by Gasteiger charge is 2.38. The van der Waals surface area contributed by atoms with E-state index in [2.05, 4.69) is 30.9 Å². The number of ether oxygens (including phenoxy) is 1. The predicted molar refractivity (Wildman–Crippen MR) is 103 cm³/mol. The smallest absolute Gasteiger partial charge is 0.194 e. The minimum atomic E-state index is -0.232. The molecule has 1 aliphatic rings. The number of likely N-dealkylation sites (N-methyl/N-ethyl adjacent to an activating group) is 1. The molecule has 2 aromatic carbocycles. The van der Waals surface area contributed by atoms with Crippen LogP contribution in [0.4, 0.5) is 5.69 Å². The Labute approximate surface area is 157 Å². The maximum Gasteiger partial charge on any atom is 0.194 e. The molecule has 0 amide bonds. The highest BCUT2D eigenvalue weighted by Crippen LogP contribution is 2.46. The van der Waals surface area contributed by atoms with Crippen molar-refractivity contribution >= 4 is 34.7 Å². The molecule has 0 spiro atoms. The van der Waals surface area contributed by atoms with E-state index in [4.69, 9.17) is 27.9 Å². The maximum absolute atomic E-state index is 12.4. The van der Waals surface area contributed by atoms with Crippen molar-refractivity contribution in [2.24, 2.45) is 0 Å². The summed E-state index contributed by atoms with van der Waals surface area (Å²) < 4.78 is 5.54. The van der Waals surface area contributed by atoms with Gasteiger partial charge < -0.3 is 9.64 Å². The molecule has 0 saturated heterocycles. The minimum Gasteiger partial charge on any atom is -0.485 e. The average molecular weight is 376 g/mol. The third-order valence-electron chi connectivity index (χ3n) is 4.51. The number of hydrogen-bond acceptors (Lipinski definition) is 3. The number of allylic oxidation sites excluding steroid dienone is 1. The number of rotatable bonds is 4. The molecule has 1 aliphatic heterocycles. The summed E-state index contributed by atoms with van der Waals surface area (Å²) in [6.45, 7) is 4.18. The van der Waals surface area contributed by atoms with Crippen molar-refractivity contribution in [2.45, 2.75) is 19.3 Å². The van der Waals surface area contributed by atoms with Crippen molar-refractivity contribution in [3.8, 4) is 5.75 Å². The van der Waals surface area contributed by atoms with Gasteiger partial charge in [0.05, 0.1) is 10.0 Å². The third-order valence-corrected chi connectivity index (χ3v) is 5.25. The van der Waals surface area contributed by atoms with Crippen LogP contribution in [-0.2, 0) is 10.2 Å². The van der Waals surface area contributed by atoms with Crippen LogP contribution >= 0.6 is 23.2 Å². The maximum atomic E-state index is 12.4. The molecule has 0 unspecified atom stereocenters. The molecule has 0 bridgehead atoms. The Morgan fingerprint density at radius 3 is 2.56 bits per heavy atom. The third kappa shape index (κ3) is 3.39. The quantitative estimate of drug-likeness (QED) is 0.683. The van der Waals surface area contributed by atoms with E-state index in [9.17, 15) is 4.79 Å². The van der Waals surface area contributed by atoms with Gasteiger partial charge in [-0.05, 0) is 23.8 Å². The Bertz CT molecular complexity index is 859. The van der Waals surface area contributed by atoms with E-state index in [1.54, 1.807) is 24.3 Å². The van der Waals surface area contributed by atoms with Crippen LogP contribution in [0.2, 0.25) is 10.0 Å². The van der Waals surface area contributed by atoms with Crippen LogP contribution in [0.1, 0.15) is 19.4 Å². The van der Waals surface area contributed by atoms with Crippen molar-refractivity contribution in [3.05, 3.63) is 69.8 Å². The first-order valence-corrected chi connectivity index (χ1v) is 8.72. The molecular formula is C20H19Cl2NO2. The number of halogens is 2. The molecule has 130 valence electrons. The predicted octanol–water partition coefficient (Wildman–Crippen LogP) is 5.25. The summed E-state index contributed by atoms with van der Waals surface area (Å²) in [5.74, 6) is 0.414. The lowest BCUT2D eigenvalue weighted by Crippen LogP contribution is -2.25. The molecule has 0 saturated carbocycles. The first-order valence-electron chi connectivity index (χ1n) is 7.97. The van der Waals surface area contributed by atoms with Crippen LogP contribution in [0.5, 0.6) is 5.75 Å². The second-order valence-corrected chi connectivity index (χ2v) is 7.38. The SMILES string of the molecule is CN1C(=CC(=O)COc2ccc(Cl)c(Cl)c2)C(C)(C)c2ccccc21. The summed E-state index contributed by atoms with van der Waals surface area (Å²) in [7, 11) is 1.98. The first kappa shape index (κ1) is 17.8. The summed E-state index contributed by atoms with van der Waals surface area (Å²) in [6, 6.07) is 13.1. The minimum absolute atomic E-state index is 0.0538. The number of anilines is 1.